The summed E-state index contributed by atoms with van der Waals surface area (Å²) in [5.41, 5.74) is 2.56. The molecule has 2 aromatic heterocycles. The van der Waals surface area contributed by atoms with Crippen LogP contribution in [0.2, 0.25) is 0 Å². The lowest BCUT2D eigenvalue weighted by molar-refractivity contribution is -0.129. The number of benzene rings is 1. The second kappa shape index (κ2) is 11.9. The van der Waals surface area contributed by atoms with Gasteiger partial charge in [0.05, 0.1) is 13.7 Å². The summed E-state index contributed by atoms with van der Waals surface area (Å²) < 4.78 is 5.23. The molecule has 0 spiro atoms. The minimum absolute atomic E-state index is 0.0888. The van der Waals surface area contributed by atoms with E-state index in [1.807, 2.05) is 37.3 Å². The molecular weight excluding hydrogens is 474 g/mol. The molecule has 0 aliphatic heterocycles. The number of nitrogens with zero attached hydrogens (tertiary/aromatic N) is 5. The molecule has 0 saturated heterocycles. The van der Waals surface area contributed by atoms with E-state index in [0.29, 0.717) is 36.1 Å². The van der Waals surface area contributed by atoms with E-state index in [9.17, 15) is 14.7 Å². The maximum atomic E-state index is 12.8. The molecule has 4 rings (SSSR count). The summed E-state index contributed by atoms with van der Waals surface area (Å²) in [7, 11) is 1.60. The number of aryl methyl sites for hydroxylation is 1. The van der Waals surface area contributed by atoms with Gasteiger partial charge in [0, 0.05) is 23.8 Å². The third-order valence-electron chi connectivity index (χ3n) is 6.48. The SMILES string of the molecule is COc1cccc(CNC(=O)c2cc(-c3nnn(CC4CCC(NC(=O)[C@H](C)O)CC4)n3)cc(C)n2)c1. The fourth-order valence-electron chi connectivity index (χ4n) is 4.45. The van der Waals surface area contributed by atoms with Crippen molar-refractivity contribution in [1.29, 1.82) is 0 Å². The van der Waals surface area contributed by atoms with E-state index < -0.39 is 6.10 Å². The normalized spacial score (nSPS) is 18.2. The van der Waals surface area contributed by atoms with E-state index in [2.05, 4.69) is 31.0 Å². The van der Waals surface area contributed by atoms with Gasteiger partial charge in [-0.3, -0.25) is 9.59 Å². The molecule has 2 amide bonds. The smallest absolute Gasteiger partial charge is 0.270 e. The minimum atomic E-state index is -0.994. The van der Waals surface area contributed by atoms with Crippen LogP contribution in [0.1, 0.15) is 54.4 Å². The lowest BCUT2D eigenvalue weighted by atomic mass is 9.86. The fraction of sp³-hybridized carbons (Fsp3) is 0.462. The molecule has 1 saturated carbocycles. The largest absolute Gasteiger partial charge is 0.497 e. The van der Waals surface area contributed by atoms with E-state index in [4.69, 9.17) is 4.74 Å². The number of carbonyl (C=O) groups excluding carboxylic acids is 2. The molecular formula is C26H33N7O4. The Balaban J connectivity index is 1.35. The molecule has 1 atom stereocenters. The molecule has 11 nitrogen and oxygen atoms in total. The number of aliphatic hydroxyl groups is 1. The summed E-state index contributed by atoms with van der Waals surface area (Å²) in [6.07, 6.45) is 2.55. The average Bonchev–Trinajstić information content (AvgIpc) is 3.36. The highest BCUT2D eigenvalue weighted by Gasteiger charge is 2.24. The number of nitrogens with one attached hydrogen (secondary N) is 2. The van der Waals surface area contributed by atoms with Crippen molar-refractivity contribution in [1.82, 2.24) is 35.8 Å². The van der Waals surface area contributed by atoms with Crippen molar-refractivity contribution in [2.75, 3.05) is 7.11 Å². The average molecular weight is 508 g/mol. The van der Waals surface area contributed by atoms with Gasteiger partial charge in [-0.05, 0) is 80.5 Å². The molecule has 1 fully saturated rings. The number of ether oxygens (including phenoxy) is 1. The Morgan fingerprint density at radius 2 is 1.97 bits per heavy atom. The van der Waals surface area contributed by atoms with Crippen molar-refractivity contribution in [2.45, 2.75) is 64.8 Å². The number of methoxy groups -OCH3 is 1. The number of hydrogen-bond acceptors (Lipinski definition) is 8. The van der Waals surface area contributed by atoms with Gasteiger partial charge in [-0.25, -0.2) is 4.98 Å². The predicted molar refractivity (Wildman–Crippen MR) is 136 cm³/mol. The van der Waals surface area contributed by atoms with Gasteiger partial charge in [0.15, 0.2) is 0 Å². The third-order valence-corrected chi connectivity index (χ3v) is 6.48. The maximum absolute atomic E-state index is 12.8. The molecule has 0 bridgehead atoms. The Hall–Kier alpha value is -3.86. The third kappa shape index (κ3) is 7.10. The highest BCUT2D eigenvalue weighted by Crippen LogP contribution is 2.26. The lowest BCUT2D eigenvalue weighted by Gasteiger charge is -2.29. The van der Waals surface area contributed by atoms with Crippen molar-refractivity contribution < 1.29 is 19.4 Å². The quantitative estimate of drug-likeness (QED) is 0.399. The summed E-state index contributed by atoms with van der Waals surface area (Å²) >= 11 is 0. The van der Waals surface area contributed by atoms with Gasteiger partial charge in [0.2, 0.25) is 11.7 Å². The van der Waals surface area contributed by atoms with Crippen LogP contribution in [0.25, 0.3) is 11.4 Å². The number of tetrazole rings is 1. The molecule has 37 heavy (non-hydrogen) atoms. The Kier molecular flexibility index (Phi) is 8.44. The zero-order valence-electron chi connectivity index (χ0n) is 21.3. The van der Waals surface area contributed by atoms with Crippen LogP contribution in [0.15, 0.2) is 36.4 Å². The Morgan fingerprint density at radius 1 is 1.19 bits per heavy atom. The number of hydrogen-bond donors (Lipinski definition) is 3. The number of pyridine rings is 1. The second-order valence-corrected chi connectivity index (χ2v) is 9.49. The van der Waals surface area contributed by atoms with Crippen LogP contribution in [-0.4, -0.2) is 61.4 Å². The van der Waals surface area contributed by atoms with E-state index >= 15 is 0 Å². The zero-order valence-corrected chi connectivity index (χ0v) is 21.3. The summed E-state index contributed by atoms with van der Waals surface area (Å²) in [4.78, 5) is 30.5. The molecule has 196 valence electrons. The van der Waals surface area contributed by atoms with Gasteiger partial charge in [0.25, 0.3) is 5.91 Å². The number of amides is 2. The van der Waals surface area contributed by atoms with Crippen LogP contribution in [0, 0.1) is 12.8 Å². The second-order valence-electron chi connectivity index (χ2n) is 9.49. The summed E-state index contributed by atoms with van der Waals surface area (Å²) in [6.45, 7) is 4.26. The van der Waals surface area contributed by atoms with E-state index in [1.165, 1.54) is 6.92 Å². The van der Waals surface area contributed by atoms with Crippen LogP contribution in [0.5, 0.6) is 5.75 Å². The predicted octanol–water partition coefficient (Wildman–Crippen LogP) is 2.04. The first-order valence-electron chi connectivity index (χ1n) is 12.5. The number of rotatable bonds is 9. The van der Waals surface area contributed by atoms with Crippen LogP contribution < -0.4 is 15.4 Å². The summed E-state index contributed by atoms with van der Waals surface area (Å²) in [6, 6.07) is 11.1. The van der Waals surface area contributed by atoms with Crippen LogP contribution in [0.3, 0.4) is 0 Å². The van der Waals surface area contributed by atoms with Crippen molar-refractivity contribution in [2.24, 2.45) is 5.92 Å². The zero-order chi connectivity index (χ0) is 26.4. The molecule has 1 aliphatic carbocycles. The van der Waals surface area contributed by atoms with Gasteiger partial charge in [0.1, 0.15) is 17.5 Å². The first kappa shape index (κ1) is 26.2. The topological polar surface area (TPSA) is 144 Å². The van der Waals surface area contributed by atoms with Gasteiger partial charge >= 0.3 is 0 Å². The summed E-state index contributed by atoms with van der Waals surface area (Å²) in [5, 5.41) is 28.1. The molecule has 0 radical (unpaired) electrons. The van der Waals surface area contributed by atoms with E-state index in [1.54, 1.807) is 18.0 Å². The van der Waals surface area contributed by atoms with Gasteiger partial charge in [-0.15, -0.1) is 10.2 Å². The fourth-order valence-corrected chi connectivity index (χ4v) is 4.45. The monoisotopic (exact) mass is 507 g/mol. The van der Waals surface area contributed by atoms with E-state index in [-0.39, 0.29) is 23.6 Å². The Morgan fingerprint density at radius 3 is 2.70 bits per heavy atom. The van der Waals surface area contributed by atoms with Crippen molar-refractivity contribution in [3.8, 4) is 17.1 Å². The first-order chi connectivity index (χ1) is 17.8. The lowest BCUT2D eigenvalue weighted by Crippen LogP contribution is -2.42. The standard InChI is InChI=1S/C26H33N7O4/c1-16-11-20(13-23(28-16)26(36)27-14-19-5-4-6-22(12-19)37-3)24-30-32-33(31-24)15-18-7-9-21(10-8-18)29-25(35)17(2)34/h4-6,11-13,17-18,21,34H,7-10,14-15H2,1-3H3,(H,27,36)(H,29,35)/t17-,18?,21?/m0/s1. The number of carbonyl (C=O) groups is 2. The van der Waals surface area contributed by atoms with Gasteiger partial charge in [-0.1, -0.05) is 12.1 Å². The van der Waals surface area contributed by atoms with Crippen molar-refractivity contribution in [3.63, 3.8) is 0 Å². The number of aromatic nitrogens is 5. The molecule has 0 unspecified atom stereocenters. The van der Waals surface area contributed by atoms with Crippen molar-refractivity contribution >= 4 is 11.8 Å². The Bertz CT molecular complexity index is 1240. The summed E-state index contributed by atoms with van der Waals surface area (Å²) in [5.74, 6) is 0.920. The highest BCUT2D eigenvalue weighted by molar-refractivity contribution is 5.93. The molecule has 11 heteroatoms. The molecule has 2 heterocycles. The minimum Gasteiger partial charge on any atom is -0.497 e. The first-order valence-corrected chi connectivity index (χ1v) is 12.5. The molecule has 3 N–H and O–H groups in total. The van der Waals surface area contributed by atoms with Crippen LogP contribution >= 0.6 is 0 Å². The van der Waals surface area contributed by atoms with Crippen LogP contribution in [0.4, 0.5) is 0 Å². The van der Waals surface area contributed by atoms with Crippen LogP contribution in [-0.2, 0) is 17.9 Å². The molecule has 1 aromatic carbocycles. The van der Waals surface area contributed by atoms with Crippen molar-refractivity contribution in [3.05, 3.63) is 53.3 Å². The van der Waals surface area contributed by atoms with E-state index in [0.717, 1.165) is 37.0 Å². The van der Waals surface area contributed by atoms with Gasteiger partial charge in [-0.2, -0.15) is 4.80 Å². The van der Waals surface area contributed by atoms with Gasteiger partial charge < -0.3 is 20.5 Å². The maximum Gasteiger partial charge on any atom is 0.270 e. The Labute approximate surface area is 215 Å². The molecule has 3 aromatic rings. The number of aliphatic hydroxyl groups excluding tert-OH is 1. The highest BCUT2D eigenvalue weighted by atomic mass is 16.5. The molecule has 1 aliphatic rings.